The fourth-order valence-electron chi connectivity index (χ4n) is 2.44. The Kier molecular flexibility index (Phi) is 6.67. The number of aromatic nitrogens is 1. The molecule has 2 aromatic carbocycles. The molecule has 0 atom stereocenters. The summed E-state index contributed by atoms with van der Waals surface area (Å²) in [6.45, 7) is 1.98. The summed E-state index contributed by atoms with van der Waals surface area (Å²) >= 11 is 3.22. The second-order valence-electron chi connectivity index (χ2n) is 5.88. The van der Waals surface area contributed by atoms with Crippen molar-refractivity contribution in [1.82, 2.24) is 10.3 Å². The molecule has 3 aromatic rings. The minimum absolute atomic E-state index is 0.176. The van der Waals surface area contributed by atoms with Gasteiger partial charge in [-0.05, 0) is 43.3 Å². The van der Waals surface area contributed by atoms with Gasteiger partial charge in [-0.2, -0.15) is 0 Å². The van der Waals surface area contributed by atoms with Gasteiger partial charge in [0.05, 0.1) is 16.3 Å². The van der Waals surface area contributed by atoms with Crippen molar-refractivity contribution in [3.05, 3.63) is 70.2 Å². The van der Waals surface area contributed by atoms with Gasteiger partial charge in [-0.25, -0.2) is 9.78 Å². The molecule has 0 fully saturated rings. The van der Waals surface area contributed by atoms with Crippen molar-refractivity contribution in [2.24, 2.45) is 0 Å². The van der Waals surface area contributed by atoms with Crippen molar-refractivity contribution in [2.75, 3.05) is 17.7 Å². The molecule has 0 saturated carbocycles. The number of urea groups is 1. The normalized spacial score (nSPS) is 10.4. The largest absolute Gasteiger partial charge is 0.341 e. The molecule has 3 rings (SSSR count). The van der Waals surface area contributed by atoms with Crippen LogP contribution in [-0.4, -0.2) is 24.0 Å². The van der Waals surface area contributed by atoms with Gasteiger partial charge in [0.15, 0.2) is 0 Å². The highest BCUT2D eigenvalue weighted by atomic mass is 32.2. The molecule has 0 aliphatic rings. The van der Waals surface area contributed by atoms with E-state index in [4.69, 9.17) is 0 Å². The van der Waals surface area contributed by atoms with Crippen LogP contribution < -0.4 is 16.0 Å². The van der Waals surface area contributed by atoms with Crippen LogP contribution in [0.2, 0.25) is 0 Å². The van der Waals surface area contributed by atoms with E-state index in [2.05, 4.69) is 20.9 Å². The average molecular weight is 413 g/mol. The minimum Gasteiger partial charge on any atom is -0.341 e. The first-order chi connectivity index (χ1) is 13.5. The number of hydrogen-bond donors (Lipinski definition) is 3. The van der Waals surface area contributed by atoms with Crippen molar-refractivity contribution in [3.63, 3.8) is 0 Å². The van der Waals surface area contributed by atoms with Gasteiger partial charge in [0, 0.05) is 34.5 Å². The topological polar surface area (TPSA) is 83.1 Å². The molecule has 0 aliphatic carbocycles. The third kappa shape index (κ3) is 5.34. The van der Waals surface area contributed by atoms with Gasteiger partial charge in [-0.15, -0.1) is 23.1 Å². The van der Waals surface area contributed by atoms with E-state index in [1.165, 1.54) is 0 Å². The summed E-state index contributed by atoms with van der Waals surface area (Å²) in [4.78, 5) is 29.4. The highest BCUT2D eigenvalue weighted by molar-refractivity contribution is 7.98. The predicted molar refractivity (Wildman–Crippen MR) is 115 cm³/mol. The Morgan fingerprint density at radius 2 is 1.71 bits per heavy atom. The third-order valence-electron chi connectivity index (χ3n) is 3.80. The summed E-state index contributed by atoms with van der Waals surface area (Å²) in [5.74, 6) is 0.540. The number of benzene rings is 2. The van der Waals surface area contributed by atoms with Gasteiger partial charge in [0.2, 0.25) is 0 Å². The second kappa shape index (κ2) is 9.38. The predicted octanol–water partition coefficient (Wildman–Crippen LogP) is 4.75. The van der Waals surface area contributed by atoms with Gasteiger partial charge in [-0.1, -0.05) is 12.1 Å². The zero-order chi connectivity index (χ0) is 19.9. The first kappa shape index (κ1) is 19.9. The Morgan fingerprint density at radius 1 is 1.04 bits per heavy atom. The number of carbonyl (C=O) groups is 2. The number of nitrogens with zero attached hydrogens (tertiary/aromatic N) is 1. The molecule has 0 unspecified atom stereocenters. The zero-order valence-electron chi connectivity index (χ0n) is 15.5. The van der Waals surface area contributed by atoms with E-state index in [1.54, 1.807) is 54.4 Å². The Hall–Kier alpha value is -2.84. The monoisotopic (exact) mass is 412 g/mol. The number of rotatable bonds is 6. The number of carbonyl (C=O) groups excluding carboxylic acids is 2. The van der Waals surface area contributed by atoms with Crippen molar-refractivity contribution in [1.29, 1.82) is 0 Å². The lowest BCUT2D eigenvalue weighted by Crippen LogP contribution is -2.24. The van der Waals surface area contributed by atoms with E-state index < -0.39 is 0 Å². The molecule has 144 valence electrons. The summed E-state index contributed by atoms with van der Waals surface area (Å²) < 4.78 is 0. The van der Waals surface area contributed by atoms with Crippen LogP contribution in [0.4, 0.5) is 16.2 Å². The Labute approximate surface area is 171 Å². The lowest BCUT2D eigenvalue weighted by molar-refractivity contribution is 0.102. The molecule has 3 amide bonds. The molecule has 0 aliphatic heterocycles. The lowest BCUT2D eigenvalue weighted by Gasteiger charge is -2.10. The van der Waals surface area contributed by atoms with Crippen LogP contribution in [0.5, 0.6) is 0 Å². The SMILES string of the molecule is CNC(=O)Nc1ccc(NC(=O)c2ccccc2SCc2csc(C)n2)cc1. The standard InChI is InChI=1S/C20H20N4O2S2/c1-13-22-16(11-27-13)12-28-18-6-4-3-5-17(18)19(25)23-14-7-9-15(10-8-14)24-20(26)21-2/h3-11H,12H2,1-2H3,(H,23,25)(H2,21,24,26). The highest BCUT2D eigenvalue weighted by Crippen LogP contribution is 2.27. The Balaban J connectivity index is 1.66. The van der Waals surface area contributed by atoms with Gasteiger partial charge in [-0.3, -0.25) is 4.79 Å². The number of thiazole rings is 1. The summed E-state index contributed by atoms with van der Waals surface area (Å²) in [7, 11) is 1.55. The molecule has 0 radical (unpaired) electrons. The van der Waals surface area contributed by atoms with Gasteiger partial charge < -0.3 is 16.0 Å². The van der Waals surface area contributed by atoms with Crippen molar-refractivity contribution in [3.8, 4) is 0 Å². The third-order valence-corrected chi connectivity index (χ3v) is 5.73. The molecular formula is C20H20N4O2S2. The maximum absolute atomic E-state index is 12.7. The molecule has 1 aromatic heterocycles. The molecule has 8 heteroatoms. The van der Waals surface area contributed by atoms with Gasteiger partial charge in [0.25, 0.3) is 5.91 Å². The van der Waals surface area contributed by atoms with E-state index >= 15 is 0 Å². The van der Waals surface area contributed by atoms with E-state index in [9.17, 15) is 9.59 Å². The summed E-state index contributed by atoms with van der Waals surface area (Å²) in [6.07, 6.45) is 0. The molecule has 6 nitrogen and oxygen atoms in total. The van der Waals surface area contributed by atoms with Crippen LogP contribution in [0.3, 0.4) is 0 Å². The first-order valence-corrected chi connectivity index (χ1v) is 10.4. The fourth-order valence-corrected chi connectivity index (χ4v) is 4.10. The van der Waals surface area contributed by atoms with Gasteiger partial charge >= 0.3 is 6.03 Å². The van der Waals surface area contributed by atoms with E-state index in [0.717, 1.165) is 15.6 Å². The molecule has 3 N–H and O–H groups in total. The quantitative estimate of drug-likeness (QED) is 0.510. The molecule has 28 heavy (non-hydrogen) atoms. The average Bonchev–Trinajstić information content (AvgIpc) is 3.13. The highest BCUT2D eigenvalue weighted by Gasteiger charge is 2.12. The van der Waals surface area contributed by atoms with Gasteiger partial charge in [0.1, 0.15) is 0 Å². The minimum atomic E-state index is -0.293. The Morgan fingerprint density at radius 3 is 2.36 bits per heavy atom. The molecule has 0 bridgehead atoms. The number of amides is 3. The molecule has 0 saturated heterocycles. The van der Waals surface area contributed by atoms with Crippen molar-refractivity contribution in [2.45, 2.75) is 17.6 Å². The number of anilines is 2. The summed E-state index contributed by atoms with van der Waals surface area (Å²) in [5.41, 5.74) is 2.93. The van der Waals surface area contributed by atoms with E-state index in [1.807, 2.05) is 36.6 Å². The van der Waals surface area contributed by atoms with Crippen molar-refractivity contribution >= 4 is 46.4 Å². The van der Waals surface area contributed by atoms with Crippen LogP contribution in [0.1, 0.15) is 21.1 Å². The fraction of sp³-hybridized carbons (Fsp3) is 0.150. The number of nitrogens with one attached hydrogen (secondary N) is 3. The zero-order valence-corrected chi connectivity index (χ0v) is 17.1. The van der Waals surface area contributed by atoms with Crippen LogP contribution >= 0.6 is 23.1 Å². The summed E-state index contributed by atoms with van der Waals surface area (Å²) in [5, 5.41) is 11.1. The number of hydrogen-bond acceptors (Lipinski definition) is 5. The maximum Gasteiger partial charge on any atom is 0.318 e. The first-order valence-electron chi connectivity index (χ1n) is 8.58. The van der Waals surface area contributed by atoms with Crippen molar-refractivity contribution < 1.29 is 9.59 Å². The smallest absolute Gasteiger partial charge is 0.318 e. The van der Waals surface area contributed by atoms with Crippen LogP contribution in [0.15, 0.2) is 58.8 Å². The number of thioether (sulfide) groups is 1. The second-order valence-corrected chi connectivity index (χ2v) is 7.96. The summed E-state index contributed by atoms with van der Waals surface area (Å²) in [6, 6.07) is 14.2. The maximum atomic E-state index is 12.7. The van der Waals surface area contributed by atoms with E-state index in [0.29, 0.717) is 22.7 Å². The molecule has 0 spiro atoms. The lowest BCUT2D eigenvalue weighted by atomic mass is 10.2. The molecule has 1 heterocycles. The molecular weight excluding hydrogens is 392 g/mol. The Bertz CT molecular complexity index is 970. The van der Waals surface area contributed by atoms with Crippen LogP contribution in [0, 0.1) is 6.92 Å². The van der Waals surface area contributed by atoms with Crippen LogP contribution in [-0.2, 0) is 5.75 Å². The van der Waals surface area contributed by atoms with Crippen LogP contribution in [0.25, 0.3) is 0 Å². The van der Waals surface area contributed by atoms with E-state index in [-0.39, 0.29) is 11.9 Å². The number of aryl methyl sites for hydroxylation is 1.